The highest BCUT2D eigenvalue weighted by Gasteiger charge is 2.22. The van der Waals surface area contributed by atoms with Crippen LogP contribution in [0.25, 0.3) is 5.57 Å². The molecule has 16 heavy (non-hydrogen) atoms. The first-order valence-electron chi connectivity index (χ1n) is 5.28. The fourth-order valence-corrected chi connectivity index (χ4v) is 1.99. The first-order valence-corrected chi connectivity index (χ1v) is 5.28. The van der Waals surface area contributed by atoms with Gasteiger partial charge in [-0.15, -0.1) is 0 Å². The Morgan fingerprint density at radius 1 is 1.31 bits per heavy atom. The van der Waals surface area contributed by atoms with E-state index in [0.717, 1.165) is 12.8 Å². The SMILES string of the molecule is COC1=C(c2cccc(F)c2)C(=O)CCC1. The number of halogens is 1. The molecule has 0 aliphatic heterocycles. The van der Waals surface area contributed by atoms with Crippen LogP contribution in [0.1, 0.15) is 24.8 Å². The summed E-state index contributed by atoms with van der Waals surface area (Å²) in [5, 5.41) is 0. The van der Waals surface area contributed by atoms with Crippen molar-refractivity contribution >= 4 is 11.4 Å². The van der Waals surface area contributed by atoms with Crippen molar-refractivity contribution < 1.29 is 13.9 Å². The van der Waals surface area contributed by atoms with E-state index in [9.17, 15) is 9.18 Å². The second kappa shape index (κ2) is 4.47. The number of rotatable bonds is 2. The van der Waals surface area contributed by atoms with Crippen LogP contribution in [0.2, 0.25) is 0 Å². The van der Waals surface area contributed by atoms with Crippen molar-refractivity contribution in [2.75, 3.05) is 7.11 Å². The summed E-state index contributed by atoms with van der Waals surface area (Å²) in [6.45, 7) is 0. The summed E-state index contributed by atoms with van der Waals surface area (Å²) in [5.74, 6) is 0.370. The largest absolute Gasteiger partial charge is 0.500 e. The van der Waals surface area contributed by atoms with E-state index in [2.05, 4.69) is 0 Å². The van der Waals surface area contributed by atoms with Gasteiger partial charge in [0.1, 0.15) is 11.6 Å². The summed E-state index contributed by atoms with van der Waals surface area (Å²) >= 11 is 0. The molecule has 0 spiro atoms. The van der Waals surface area contributed by atoms with Gasteiger partial charge >= 0.3 is 0 Å². The Labute approximate surface area is 93.7 Å². The third-order valence-corrected chi connectivity index (χ3v) is 2.73. The molecular formula is C13H13FO2. The summed E-state index contributed by atoms with van der Waals surface area (Å²) in [5.41, 5.74) is 1.15. The summed E-state index contributed by atoms with van der Waals surface area (Å²) in [7, 11) is 1.55. The molecule has 0 saturated heterocycles. The molecule has 0 saturated carbocycles. The summed E-state index contributed by atoms with van der Waals surface area (Å²) in [6.07, 6.45) is 2.06. The molecule has 0 unspecified atom stereocenters. The summed E-state index contributed by atoms with van der Waals surface area (Å²) in [4.78, 5) is 11.8. The number of Topliss-reactive ketones (excluding diaryl/α,β-unsaturated/α-hetero) is 1. The summed E-state index contributed by atoms with van der Waals surface area (Å²) < 4.78 is 18.3. The topological polar surface area (TPSA) is 26.3 Å². The number of hydrogen-bond acceptors (Lipinski definition) is 2. The van der Waals surface area contributed by atoms with E-state index in [1.807, 2.05) is 0 Å². The molecule has 1 aromatic carbocycles. The van der Waals surface area contributed by atoms with Crippen LogP contribution in [0.5, 0.6) is 0 Å². The van der Waals surface area contributed by atoms with Gasteiger partial charge in [-0.3, -0.25) is 4.79 Å². The number of methoxy groups -OCH3 is 1. The Morgan fingerprint density at radius 3 is 2.81 bits per heavy atom. The molecular weight excluding hydrogens is 207 g/mol. The lowest BCUT2D eigenvalue weighted by Crippen LogP contribution is -2.11. The Balaban J connectivity index is 2.50. The van der Waals surface area contributed by atoms with Crippen molar-refractivity contribution in [3.05, 3.63) is 41.4 Å². The Kier molecular flexibility index (Phi) is 3.04. The van der Waals surface area contributed by atoms with Gasteiger partial charge in [0.25, 0.3) is 0 Å². The molecule has 2 rings (SSSR count). The Bertz CT molecular complexity index is 449. The van der Waals surface area contributed by atoms with Gasteiger partial charge in [-0.1, -0.05) is 12.1 Å². The highest BCUT2D eigenvalue weighted by molar-refractivity contribution is 6.21. The number of ketones is 1. The summed E-state index contributed by atoms with van der Waals surface area (Å²) in [6, 6.07) is 6.08. The number of allylic oxidation sites excluding steroid dienone is 2. The van der Waals surface area contributed by atoms with Crippen LogP contribution in [-0.2, 0) is 9.53 Å². The zero-order valence-corrected chi connectivity index (χ0v) is 9.13. The van der Waals surface area contributed by atoms with E-state index in [4.69, 9.17) is 4.74 Å². The Hall–Kier alpha value is -1.64. The van der Waals surface area contributed by atoms with Gasteiger partial charge in [-0.05, 0) is 24.1 Å². The highest BCUT2D eigenvalue weighted by atomic mass is 19.1. The molecule has 0 heterocycles. The van der Waals surface area contributed by atoms with Crippen molar-refractivity contribution in [3.63, 3.8) is 0 Å². The quantitative estimate of drug-likeness (QED) is 0.766. The average molecular weight is 220 g/mol. The van der Waals surface area contributed by atoms with Crippen LogP contribution in [0.4, 0.5) is 4.39 Å². The minimum Gasteiger partial charge on any atom is -0.500 e. The van der Waals surface area contributed by atoms with Crippen molar-refractivity contribution in [3.8, 4) is 0 Å². The zero-order chi connectivity index (χ0) is 11.5. The molecule has 1 aliphatic rings. The van der Waals surface area contributed by atoms with Crippen molar-refractivity contribution in [1.82, 2.24) is 0 Å². The molecule has 1 aliphatic carbocycles. The average Bonchev–Trinajstić information content (AvgIpc) is 2.28. The number of carbonyl (C=O) groups excluding carboxylic acids is 1. The van der Waals surface area contributed by atoms with Gasteiger partial charge in [-0.2, -0.15) is 0 Å². The fourth-order valence-electron chi connectivity index (χ4n) is 1.99. The van der Waals surface area contributed by atoms with Crippen LogP contribution < -0.4 is 0 Å². The van der Waals surface area contributed by atoms with E-state index in [0.29, 0.717) is 23.3 Å². The lowest BCUT2D eigenvalue weighted by molar-refractivity contribution is -0.114. The van der Waals surface area contributed by atoms with Gasteiger partial charge in [0.2, 0.25) is 0 Å². The van der Waals surface area contributed by atoms with Crippen LogP contribution >= 0.6 is 0 Å². The molecule has 84 valence electrons. The predicted octanol–water partition coefficient (Wildman–Crippen LogP) is 2.94. The van der Waals surface area contributed by atoms with Crippen molar-refractivity contribution in [2.24, 2.45) is 0 Å². The van der Waals surface area contributed by atoms with Gasteiger partial charge in [0.15, 0.2) is 5.78 Å². The lowest BCUT2D eigenvalue weighted by atomic mass is 9.91. The van der Waals surface area contributed by atoms with Crippen molar-refractivity contribution in [1.29, 1.82) is 0 Å². The molecule has 0 aromatic heterocycles. The van der Waals surface area contributed by atoms with Crippen LogP contribution in [0, 0.1) is 5.82 Å². The van der Waals surface area contributed by atoms with Crippen LogP contribution in [0.15, 0.2) is 30.0 Å². The standard InChI is InChI=1S/C13H13FO2/c1-16-12-7-3-6-11(15)13(12)9-4-2-5-10(14)8-9/h2,4-5,8H,3,6-7H2,1H3. The number of ether oxygens (including phenoxy) is 1. The maximum atomic E-state index is 13.1. The molecule has 3 heteroatoms. The van der Waals surface area contributed by atoms with Crippen LogP contribution in [0.3, 0.4) is 0 Å². The maximum absolute atomic E-state index is 13.1. The number of hydrogen-bond donors (Lipinski definition) is 0. The van der Waals surface area contributed by atoms with Crippen molar-refractivity contribution in [2.45, 2.75) is 19.3 Å². The fraction of sp³-hybridized carbons (Fsp3) is 0.308. The lowest BCUT2D eigenvalue weighted by Gasteiger charge is -2.18. The molecule has 0 radical (unpaired) electrons. The Morgan fingerprint density at radius 2 is 2.12 bits per heavy atom. The van der Waals surface area contributed by atoms with Gasteiger partial charge < -0.3 is 4.74 Å². The van der Waals surface area contributed by atoms with Gasteiger partial charge in [0, 0.05) is 12.8 Å². The minimum atomic E-state index is -0.334. The molecule has 0 N–H and O–H groups in total. The van der Waals surface area contributed by atoms with Gasteiger partial charge in [-0.25, -0.2) is 4.39 Å². The number of carbonyl (C=O) groups is 1. The normalized spacial score (nSPS) is 16.5. The highest BCUT2D eigenvalue weighted by Crippen LogP contribution is 2.30. The number of benzene rings is 1. The van der Waals surface area contributed by atoms with E-state index >= 15 is 0 Å². The smallest absolute Gasteiger partial charge is 0.166 e. The minimum absolute atomic E-state index is 0.0358. The molecule has 0 bridgehead atoms. The molecule has 2 nitrogen and oxygen atoms in total. The van der Waals surface area contributed by atoms with Crippen LogP contribution in [-0.4, -0.2) is 12.9 Å². The molecule has 1 aromatic rings. The van der Waals surface area contributed by atoms with Gasteiger partial charge in [0.05, 0.1) is 12.7 Å². The molecule has 0 fully saturated rings. The second-order valence-corrected chi connectivity index (χ2v) is 3.79. The maximum Gasteiger partial charge on any atom is 0.166 e. The predicted molar refractivity (Wildman–Crippen MR) is 59.2 cm³/mol. The third kappa shape index (κ3) is 1.98. The monoisotopic (exact) mass is 220 g/mol. The first kappa shape index (κ1) is 10.9. The molecule has 0 atom stereocenters. The van der Waals surface area contributed by atoms with E-state index in [-0.39, 0.29) is 11.6 Å². The molecule has 0 amide bonds. The van der Waals surface area contributed by atoms with E-state index in [1.54, 1.807) is 19.2 Å². The van der Waals surface area contributed by atoms with E-state index in [1.165, 1.54) is 12.1 Å². The third-order valence-electron chi connectivity index (χ3n) is 2.73. The first-order chi connectivity index (χ1) is 7.72. The zero-order valence-electron chi connectivity index (χ0n) is 9.13. The van der Waals surface area contributed by atoms with E-state index < -0.39 is 0 Å². The second-order valence-electron chi connectivity index (χ2n) is 3.79.